The van der Waals surface area contributed by atoms with Crippen molar-refractivity contribution in [1.82, 2.24) is 19.8 Å². The van der Waals surface area contributed by atoms with Crippen molar-refractivity contribution in [2.24, 2.45) is 11.5 Å². The van der Waals surface area contributed by atoms with Gasteiger partial charge in [0.2, 0.25) is 23.4 Å². The zero-order valence-electron chi connectivity index (χ0n) is 58.1. The predicted octanol–water partition coefficient (Wildman–Crippen LogP) is 19.3. The van der Waals surface area contributed by atoms with Gasteiger partial charge in [0.25, 0.3) is 11.8 Å². The maximum absolute atomic E-state index is 15.6. The quantitative estimate of drug-likeness (QED) is 0.0557. The summed E-state index contributed by atoms with van der Waals surface area (Å²) in [5.74, 6) is -3.81. The summed E-state index contributed by atoms with van der Waals surface area (Å²) < 4.78 is 0. The van der Waals surface area contributed by atoms with Gasteiger partial charge in [-0.2, -0.15) is 0 Å². The third-order valence-corrected chi connectivity index (χ3v) is 19.7. The van der Waals surface area contributed by atoms with Gasteiger partial charge < -0.3 is 21.3 Å². The van der Waals surface area contributed by atoms with Gasteiger partial charge in [0, 0.05) is 44.2 Å². The van der Waals surface area contributed by atoms with Gasteiger partial charge in [-0.1, -0.05) is 241 Å². The van der Waals surface area contributed by atoms with Crippen LogP contribution >= 0.6 is 0 Å². The Bertz CT molecular complexity index is 4860. The monoisotopic (exact) mass is 1340 g/mol. The zero-order valence-corrected chi connectivity index (χ0v) is 58.1. The number of aromatic nitrogens is 2. The number of amides is 4. The highest BCUT2D eigenvalue weighted by Gasteiger charge is 2.33. The molecule has 4 amide bonds. The minimum atomic E-state index is -0.844. The molecule has 4 atom stereocenters. The molecule has 0 aliphatic heterocycles. The molecule has 0 aliphatic rings. The van der Waals surface area contributed by atoms with Crippen LogP contribution in [-0.4, -0.2) is 55.0 Å². The van der Waals surface area contributed by atoms with E-state index in [2.05, 4.69) is 97.1 Å². The molecule has 12 heteroatoms. The number of primary amides is 2. The van der Waals surface area contributed by atoms with Crippen molar-refractivity contribution in [1.29, 1.82) is 0 Å². The number of nitrogens with two attached hydrogens (primary N) is 2. The molecule has 13 aromatic rings. The minimum absolute atomic E-state index is 0.00945. The summed E-state index contributed by atoms with van der Waals surface area (Å²) in [5.41, 5.74) is 28.9. The first-order chi connectivity index (χ1) is 49.1. The third-order valence-electron chi connectivity index (χ3n) is 19.7. The van der Waals surface area contributed by atoms with Gasteiger partial charge in [-0.05, 0) is 171 Å². The lowest BCUT2D eigenvalue weighted by atomic mass is 9.94. The van der Waals surface area contributed by atoms with Crippen LogP contribution < -0.4 is 11.5 Å². The van der Waals surface area contributed by atoms with E-state index < -0.39 is 59.4 Å². The molecule has 0 fully saturated rings. The smallest absolute Gasteiger partial charge is 0.254 e. The Kier molecular flexibility index (Phi) is 19.2. The van der Waals surface area contributed by atoms with Crippen molar-refractivity contribution < 1.29 is 28.8 Å². The highest BCUT2D eigenvalue weighted by Crippen LogP contribution is 2.38. The lowest BCUT2D eigenvalue weighted by Crippen LogP contribution is -2.36. The average molecular weight is 1340 g/mol. The molecular weight excluding hydrogens is 1260 g/mol. The molecule has 0 bridgehead atoms. The summed E-state index contributed by atoms with van der Waals surface area (Å²) in [5, 5.41) is 1.19. The van der Waals surface area contributed by atoms with Crippen molar-refractivity contribution in [3.05, 3.63) is 356 Å². The fourth-order valence-electron chi connectivity index (χ4n) is 13.5. The summed E-state index contributed by atoms with van der Waals surface area (Å²) in [6.45, 7) is 16.0. The van der Waals surface area contributed by atoms with Crippen LogP contribution in [0.4, 0.5) is 0 Å². The Morgan fingerprint density at radius 1 is 0.275 bits per heavy atom. The number of benzene rings is 11. The molecule has 502 valence electrons. The fourth-order valence-corrected chi connectivity index (χ4v) is 13.5. The molecule has 2 heterocycles. The number of fused-ring (bicyclic) bond motifs is 3. The van der Waals surface area contributed by atoms with Gasteiger partial charge in [-0.25, -0.2) is 9.97 Å². The highest BCUT2D eigenvalue weighted by atomic mass is 16.2. The molecular formula is C90H76N6O6. The molecule has 4 N–H and O–H groups in total. The summed E-state index contributed by atoms with van der Waals surface area (Å²) in [4.78, 5) is 101. The number of hydrogen-bond acceptors (Lipinski definition) is 8. The predicted molar refractivity (Wildman–Crippen MR) is 406 cm³/mol. The van der Waals surface area contributed by atoms with E-state index in [0.717, 1.165) is 89.0 Å². The first-order valence-electron chi connectivity index (χ1n) is 34.2. The van der Waals surface area contributed by atoms with Gasteiger partial charge in [-0.3, -0.25) is 28.8 Å². The molecule has 102 heavy (non-hydrogen) atoms. The number of carbonyl (C=O) groups excluding carboxylic acids is 6. The zero-order chi connectivity index (χ0) is 71.6. The fraction of sp³-hybridized carbons (Fsp3) is 0.133. The molecule has 0 saturated heterocycles. The molecule has 2 aromatic heterocycles. The van der Waals surface area contributed by atoms with Crippen LogP contribution in [0.5, 0.6) is 0 Å². The van der Waals surface area contributed by atoms with Crippen molar-refractivity contribution >= 4 is 57.0 Å². The number of ketones is 2. The molecule has 0 aliphatic carbocycles. The lowest BCUT2D eigenvalue weighted by Gasteiger charge is -2.36. The van der Waals surface area contributed by atoms with Gasteiger partial charge in [0.15, 0.2) is 0 Å². The van der Waals surface area contributed by atoms with E-state index in [4.69, 9.17) is 21.4 Å². The van der Waals surface area contributed by atoms with Crippen molar-refractivity contribution in [3.63, 3.8) is 0 Å². The summed E-state index contributed by atoms with van der Waals surface area (Å²) in [7, 11) is 0. The van der Waals surface area contributed by atoms with Crippen LogP contribution in [0.2, 0.25) is 0 Å². The summed E-state index contributed by atoms with van der Waals surface area (Å²) in [6, 6.07) is 82.3. The van der Waals surface area contributed by atoms with E-state index in [0.29, 0.717) is 10.8 Å². The Hall–Kier alpha value is -12.5. The number of pyridine rings is 2. The number of aryl methyl sites for hydroxylation is 4. The number of rotatable bonds is 20. The van der Waals surface area contributed by atoms with Crippen LogP contribution in [0.15, 0.2) is 267 Å². The van der Waals surface area contributed by atoms with Crippen molar-refractivity contribution in [3.8, 4) is 44.5 Å². The Labute approximate surface area is 594 Å². The van der Waals surface area contributed by atoms with E-state index in [1.54, 1.807) is 34.1 Å². The first kappa shape index (κ1) is 68.0. The molecule has 0 radical (unpaired) electrons. The molecule has 11 aromatic carbocycles. The van der Waals surface area contributed by atoms with E-state index in [9.17, 15) is 9.59 Å². The second-order valence-electron chi connectivity index (χ2n) is 26.7. The summed E-state index contributed by atoms with van der Waals surface area (Å²) >= 11 is 0. The van der Waals surface area contributed by atoms with Gasteiger partial charge in [-0.15, -0.1) is 0 Å². The third kappa shape index (κ3) is 14.2. The second-order valence-corrected chi connectivity index (χ2v) is 26.7. The number of hydrogen-bond donors (Lipinski definition) is 2. The highest BCUT2D eigenvalue weighted by molar-refractivity contribution is 6.15. The van der Waals surface area contributed by atoms with Crippen molar-refractivity contribution in [2.45, 2.75) is 79.6 Å². The molecule has 0 saturated carbocycles. The molecule has 0 spiro atoms. The molecule has 12 nitrogen and oxygen atoms in total. The van der Waals surface area contributed by atoms with E-state index in [-0.39, 0.29) is 55.8 Å². The molecule has 0 unspecified atom stereocenters. The van der Waals surface area contributed by atoms with Crippen LogP contribution in [0.3, 0.4) is 0 Å². The van der Waals surface area contributed by atoms with Gasteiger partial charge >= 0.3 is 0 Å². The lowest BCUT2D eigenvalue weighted by molar-refractivity contribution is 0.0596. The van der Waals surface area contributed by atoms with Crippen LogP contribution in [0.25, 0.3) is 66.3 Å². The Morgan fingerprint density at radius 2 is 0.480 bits per heavy atom. The van der Waals surface area contributed by atoms with E-state index in [1.165, 1.54) is 36.4 Å². The SMILES string of the molecule is Cc1ccc(-c2ccc([C@@H](C)N(C(=O)c3cc(C(N)=O)cc(C(=O)c4ccc5ccc6ccc(C(=O)c7cc(C(N)=O)cc(C(=O)N([C@H](C)c8ccc(-c9ccc(C)cc9)cc8)[C@H](C)c8ccc(-c9ccc(C)cc9)cc8)c7)nc6c5n4)c3)[C@H](C)c3ccc(-c4ccc(C)cc4)cc3)cc2)cc1. The first-order valence-corrected chi connectivity index (χ1v) is 34.2. The standard InChI is InChI=1S/C90H76N6O6/c1-53-9-17-65(18-10-53)69-33-25-61(26-34-69)57(5)95(58(6)62-27-35-70(36-28-62)66-19-11-54(2)12-20-66)89(101)79-49-75(47-77(51-79)87(91)99)85(97)81-45-43-73-41-42-74-44-46-82(94-84(74)83(73)93-81)86(98)76-48-78(88(92)100)52-80(50-76)90(102)96(59(7)63-29-37-71(38-30-63)67-21-13-55(3)14-22-67)60(8)64-31-39-72(40-32-64)68-23-15-56(4)16-24-68/h9-52,57-60H,1-8H3,(H2,91,99)(H2,92,100)/t57-,58-,59-,60-/m1/s1. The maximum Gasteiger partial charge on any atom is 0.254 e. The topological polar surface area (TPSA) is 187 Å². The molecule has 13 rings (SSSR count). The Morgan fingerprint density at radius 3 is 0.716 bits per heavy atom. The van der Waals surface area contributed by atoms with E-state index >= 15 is 19.2 Å². The average Bonchev–Trinajstić information content (AvgIpc) is 0.772. The van der Waals surface area contributed by atoms with Gasteiger partial charge in [0.05, 0.1) is 35.2 Å². The number of nitrogens with zero attached hydrogens (tertiary/aromatic N) is 4. The second kappa shape index (κ2) is 28.7. The largest absolute Gasteiger partial charge is 0.366 e. The normalized spacial score (nSPS) is 12.5. The maximum atomic E-state index is 15.6. The van der Waals surface area contributed by atoms with Gasteiger partial charge in [0.1, 0.15) is 11.4 Å². The van der Waals surface area contributed by atoms with Crippen LogP contribution in [0.1, 0.15) is 170 Å². The summed E-state index contributed by atoms with van der Waals surface area (Å²) in [6.07, 6.45) is 0. The Balaban J connectivity index is 0.827. The van der Waals surface area contributed by atoms with Crippen molar-refractivity contribution in [2.75, 3.05) is 0 Å². The number of carbonyl (C=O) groups is 6. The van der Waals surface area contributed by atoms with E-state index in [1.807, 2.05) is 165 Å². The van der Waals surface area contributed by atoms with Crippen LogP contribution in [0, 0.1) is 27.7 Å². The van der Waals surface area contributed by atoms with Crippen LogP contribution in [-0.2, 0) is 0 Å². The minimum Gasteiger partial charge on any atom is -0.366 e.